The van der Waals surface area contributed by atoms with Crippen LogP contribution in [0.4, 0.5) is 0 Å². The van der Waals surface area contributed by atoms with Crippen LogP contribution in [-0.2, 0) is 9.59 Å². The average Bonchev–Trinajstić information content (AvgIpc) is 3.84. The highest BCUT2D eigenvalue weighted by atomic mass is 32.3. The Morgan fingerprint density at radius 2 is 0.607 bits per heavy atom. The maximum absolute atomic E-state index is 12.7. The van der Waals surface area contributed by atoms with Gasteiger partial charge in [0.25, 0.3) is 11.8 Å². The molecule has 2 N–H and O–H groups in total. The molecule has 0 aromatic carbocycles. The van der Waals surface area contributed by atoms with Crippen LogP contribution in [0.25, 0.3) is 0 Å². The molecule has 0 saturated carbocycles. The number of hydrogen-bond acceptors (Lipinski definition) is 8. The van der Waals surface area contributed by atoms with Gasteiger partial charge in [-0.25, -0.2) is 0 Å². The lowest BCUT2D eigenvalue weighted by Crippen LogP contribution is -2.23. The highest BCUT2D eigenvalue weighted by molar-refractivity contribution is 8.42. The smallest absolute Gasteiger partial charge is 0.259 e. The van der Waals surface area contributed by atoms with Gasteiger partial charge in [-0.3, -0.25) is 9.59 Å². The van der Waals surface area contributed by atoms with E-state index in [-0.39, 0.29) is 11.8 Å². The number of nitrogens with one attached hydrogen (secondary N) is 2. The first-order chi connectivity index (χ1) is 27.5. The van der Waals surface area contributed by atoms with Crippen molar-refractivity contribution in [3.05, 3.63) is 26.8 Å². The Morgan fingerprint density at radius 1 is 0.375 bits per heavy atom. The van der Waals surface area contributed by atoms with Crippen molar-refractivity contribution >= 4 is 82.4 Å². The highest BCUT2D eigenvalue weighted by Gasteiger charge is 2.34. The molecule has 0 fully saturated rings. The van der Waals surface area contributed by atoms with E-state index in [1.807, 2.05) is 47.0 Å². The summed E-state index contributed by atoms with van der Waals surface area (Å²) in [4.78, 5) is 26.4. The van der Waals surface area contributed by atoms with E-state index in [0.717, 1.165) is 4.24 Å². The standard InChI is InChI=1S/C46H82N2O2S6/c1-5-7-9-11-13-15-17-19-21-23-25-27-29-31-33-35-37-51-43-44(56-46(55-43)45-53-39(41(49)47-3)40(54-45)42(50)48-4)52-38-36-34-32-30-28-26-24-22-20-18-16-14-12-10-8-6-2/h5-38H2,1-4H3,(H,47,49)(H,48,50). The van der Waals surface area contributed by atoms with Gasteiger partial charge < -0.3 is 10.6 Å². The number of carbonyl (C=O) groups excluding carboxylic acids is 2. The number of carbonyl (C=O) groups is 2. The molecule has 56 heavy (non-hydrogen) atoms. The van der Waals surface area contributed by atoms with Crippen LogP contribution in [0, 0.1) is 0 Å². The minimum atomic E-state index is -0.186. The molecule has 2 rings (SSSR count). The van der Waals surface area contributed by atoms with Gasteiger partial charge in [0.15, 0.2) is 0 Å². The van der Waals surface area contributed by atoms with E-state index in [1.165, 1.54) is 253 Å². The highest BCUT2D eigenvalue weighted by Crippen LogP contribution is 2.63. The van der Waals surface area contributed by atoms with Crippen LogP contribution >= 0.6 is 70.6 Å². The van der Waals surface area contributed by atoms with Gasteiger partial charge in [0, 0.05) is 14.1 Å². The van der Waals surface area contributed by atoms with Gasteiger partial charge >= 0.3 is 0 Å². The quantitative estimate of drug-likeness (QED) is 0.0595. The summed E-state index contributed by atoms with van der Waals surface area (Å²) in [5, 5.41) is 5.45. The summed E-state index contributed by atoms with van der Waals surface area (Å²) in [7, 11) is 3.27. The molecule has 0 spiro atoms. The van der Waals surface area contributed by atoms with E-state index in [2.05, 4.69) is 24.5 Å². The monoisotopic (exact) mass is 886 g/mol. The molecule has 0 aliphatic carbocycles. The molecular formula is C46H82N2O2S6. The van der Waals surface area contributed by atoms with Crippen LogP contribution in [0.2, 0.25) is 0 Å². The number of rotatable bonds is 38. The van der Waals surface area contributed by atoms with Crippen molar-refractivity contribution < 1.29 is 9.59 Å². The molecule has 0 aromatic heterocycles. The number of hydrogen-bond donors (Lipinski definition) is 2. The number of amides is 2. The minimum Gasteiger partial charge on any atom is -0.355 e. The summed E-state index contributed by atoms with van der Waals surface area (Å²) in [5.74, 6) is 1.96. The average molecular weight is 888 g/mol. The largest absolute Gasteiger partial charge is 0.355 e. The predicted octanol–water partition coefficient (Wildman–Crippen LogP) is 16.9. The second kappa shape index (κ2) is 37.1. The molecule has 0 bridgehead atoms. The molecular weight excluding hydrogens is 805 g/mol. The second-order valence-electron chi connectivity index (χ2n) is 15.7. The Hall–Kier alpha value is 0.260. The Bertz CT molecular complexity index is 1060. The first kappa shape index (κ1) is 52.4. The van der Waals surface area contributed by atoms with Crippen LogP contribution in [0.3, 0.4) is 0 Å². The number of likely N-dealkylation sites (N-methyl/N-ethyl adjacent to an activating group) is 2. The van der Waals surface area contributed by atoms with Gasteiger partial charge in [0.1, 0.15) is 0 Å². The normalized spacial score (nSPS) is 14.5. The molecule has 0 unspecified atom stereocenters. The lowest BCUT2D eigenvalue weighted by Gasteiger charge is -2.06. The molecule has 0 saturated heterocycles. The molecule has 2 heterocycles. The van der Waals surface area contributed by atoms with Crippen molar-refractivity contribution in [3.63, 3.8) is 0 Å². The zero-order chi connectivity index (χ0) is 40.3. The second-order valence-corrected chi connectivity index (χ2v) is 23.0. The van der Waals surface area contributed by atoms with Gasteiger partial charge in [0.2, 0.25) is 0 Å². The molecule has 324 valence electrons. The maximum Gasteiger partial charge on any atom is 0.259 e. The van der Waals surface area contributed by atoms with Gasteiger partial charge in [-0.15, -0.1) is 23.5 Å². The van der Waals surface area contributed by atoms with Crippen LogP contribution in [0.1, 0.15) is 219 Å². The Labute approximate surface area is 371 Å². The van der Waals surface area contributed by atoms with Crippen molar-refractivity contribution in [2.24, 2.45) is 0 Å². The topological polar surface area (TPSA) is 58.2 Å². The van der Waals surface area contributed by atoms with Gasteiger partial charge in [-0.05, 0) is 24.3 Å². The van der Waals surface area contributed by atoms with Gasteiger partial charge in [-0.2, -0.15) is 0 Å². The summed E-state index contributed by atoms with van der Waals surface area (Å²) in [6.45, 7) is 4.59. The van der Waals surface area contributed by atoms with Crippen LogP contribution in [0.15, 0.2) is 26.8 Å². The van der Waals surface area contributed by atoms with Crippen molar-refractivity contribution in [3.8, 4) is 0 Å². The van der Waals surface area contributed by atoms with E-state index >= 15 is 0 Å². The molecule has 2 amide bonds. The Balaban J connectivity index is 1.67. The fraction of sp³-hybridized carbons (Fsp3) is 0.826. The molecule has 4 nitrogen and oxygen atoms in total. The third kappa shape index (κ3) is 25.1. The lowest BCUT2D eigenvalue weighted by molar-refractivity contribution is -0.118. The Kier molecular flexibility index (Phi) is 34.7. The first-order valence-corrected chi connectivity index (χ1v) is 28.4. The summed E-state index contributed by atoms with van der Waals surface area (Å²) in [6, 6.07) is 0. The number of thioether (sulfide) groups is 6. The zero-order valence-corrected chi connectivity index (χ0v) is 41.2. The van der Waals surface area contributed by atoms with E-state index in [0.29, 0.717) is 9.81 Å². The minimum absolute atomic E-state index is 0.186. The lowest BCUT2D eigenvalue weighted by atomic mass is 10.0. The van der Waals surface area contributed by atoms with E-state index in [4.69, 9.17) is 0 Å². The van der Waals surface area contributed by atoms with Crippen LogP contribution < -0.4 is 10.6 Å². The third-order valence-electron chi connectivity index (χ3n) is 10.6. The Morgan fingerprint density at radius 3 is 0.857 bits per heavy atom. The summed E-state index contributed by atoms with van der Waals surface area (Å²) < 4.78 is 5.15. The predicted molar refractivity (Wildman–Crippen MR) is 264 cm³/mol. The summed E-state index contributed by atoms with van der Waals surface area (Å²) in [6.07, 6.45) is 44.8. The zero-order valence-electron chi connectivity index (χ0n) is 36.3. The fourth-order valence-corrected chi connectivity index (χ4v) is 15.9. The first-order valence-electron chi connectivity index (χ1n) is 23.2. The van der Waals surface area contributed by atoms with Crippen molar-refractivity contribution in [2.75, 3.05) is 25.6 Å². The van der Waals surface area contributed by atoms with Crippen molar-refractivity contribution in [1.29, 1.82) is 0 Å². The maximum atomic E-state index is 12.7. The summed E-state index contributed by atoms with van der Waals surface area (Å²) >= 11 is 10.7. The molecule has 2 aliphatic rings. The van der Waals surface area contributed by atoms with Crippen LogP contribution in [-0.4, -0.2) is 37.4 Å². The fourth-order valence-electron chi connectivity index (χ4n) is 7.07. The van der Waals surface area contributed by atoms with Crippen LogP contribution in [0.5, 0.6) is 0 Å². The van der Waals surface area contributed by atoms with Crippen molar-refractivity contribution in [2.45, 2.75) is 219 Å². The van der Waals surface area contributed by atoms with Crippen molar-refractivity contribution in [1.82, 2.24) is 10.6 Å². The number of unbranched alkanes of at least 4 members (excludes halogenated alkanes) is 30. The molecule has 0 atom stereocenters. The molecule has 2 aliphatic heterocycles. The summed E-state index contributed by atoms with van der Waals surface area (Å²) in [5.41, 5.74) is 0. The van der Waals surface area contributed by atoms with E-state index in [1.54, 1.807) is 14.1 Å². The van der Waals surface area contributed by atoms with E-state index in [9.17, 15) is 9.59 Å². The van der Waals surface area contributed by atoms with Gasteiger partial charge in [0.05, 0.1) is 26.8 Å². The van der Waals surface area contributed by atoms with E-state index < -0.39 is 0 Å². The SMILES string of the molecule is CCCCCCCCCCCCCCCCCCSC1=C(SCCCCCCCCCCCCCCCCCC)SC(=C2SC(C(=O)NC)=C(C(=O)NC)S2)S1. The third-order valence-corrected chi connectivity index (χ3v) is 19.4. The molecule has 0 radical (unpaired) electrons. The molecule has 0 aromatic rings. The molecule has 10 heteroatoms. The van der Waals surface area contributed by atoms with Gasteiger partial charge in [-0.1, -0.05) is 254 Å².